The summed E-state index contributed by atoms with van der Waals surface area (Å²) in [5.41, 5.74) is 25.8. The summed E-state index contributed by atoms with van der Waals surface area (Å²) in [7, 11) is 1.63. The van der Waals surface area contributed by atoms with E-state index in [4.69, 9.17) is 16.3 Å². The average Bonchev–Trinajstić information content (AvgIpc) is 1.54. The number of nitrogens with zero attached hydrogens (tertiary/aromatic N) is 4. The molecule has 9 heterocycles. The van der Waals surface area contributed by atoms with Gasteiger partial charge in [0.2, 0.25) is 0 Å². The highest BCUT2D eigenvalue weighted by Crippen LogP contribution is 2.45. The van der Waals surface area contributed by atoms with Crippen LogP contribution in [0.3, 0.4) is 0 Å². The van der Waals surface area contributed by atoms with Crippen molar-refractivity contribution in [2.24, 2.45) is 0 Å². The number of aromatic amines is 4. The number of halogens is 1. The Morgan fingerprint density at radius 3 is 0.904 bits per heavy atom. The highest BCUT2D eigenvalue weighted by Gasteiger charge is 2.40. The number of nitrogens with one attached hydrogen (secondary N) is 4. The molecule has 4 atom stereocenters. The van der Waals surface area contributed by atoms with Gasteiger partial charge in [0.15, 0.2) is 0 Å². The largest absolute Gasteiger partial charge is 0.497 e. The number of carbonyl (C=O) groups is 4. The predicted molar refractivity (Wildman–Crippen MR) is 459 cm³/mol. The number of thiophene rings is 1. The monoisotopic (exact) mass is 1530 g/mol. The van der Waals surface area contributed by atoms with Gasteiger partial charge in [0.1, 0.15) is 5.75 Å². The van der Waals surface area contributed by atoms with Crippen LogP contribution < -0.4 is 4.74 Å². The maximum absolute atomic E-state index is 13.5. The predicted octanol–water partition coefficient (Wildman–Crippen LogP) is 21.8. The van der Waals surface area contributed by atoms with Gasteiger partial charge in [0.25, 0.3) is 23.6 Å². The number of benzene rings is 11. The highest BCUT2D eigenvalue weighted by molar-refractivity contribution is 7.12. The summed E-state index contributed by atoms with van der Waals surface area (Å²) in [4.78, 5) is 76.9. The van der Waals surface area contributed by atoms with E-state index in [2.05, 4.69) is 230 Å². The van der Waals surface area contributed by atoms with Crippen LogP contribution in [-0.2, 0) is 25.7 Å². The van der Waals surface area contributed by atoms with E-state index in [0.717, 1.165) is 116 Å². The summed E-state index contributed by atoms with van der Waals surface area (Å²) in [5.74, 6) is 0.998. The zero-order valence-corrected chi connectivity index (χ0v) is 65.9. The van der Waals surface area contributed by atoms with E-state index in [0.29, 0.717) is 35.8 Å². The Labute approximate surface area is 672 Å². The molecule has 4 aliphatic rings. The van der Waals surface area contributed by atoms with Crippen molar-refractivity contribution in [3.63, 3.8) is 0 Å². The van der Waals surface area contributed by atoms with Crippen molar-refractivity contribution < 1.29 is 23.9 Å². The van der Waals surface area contributed by atoms with Gasteiger partial charge in [-0.25, -0.2) is 0 Å². The van der Waals surface area contributed by atoms with Gasteiger partial charge in [-0.15, -0.1) is 11.3 Å². The molecule has 0 fully saturated rings. The smallest absolute Gasteiger partial charge is 0.264 e. The second-order valence-electron chi connectivity index (χ2n) is 30.1. The Morgan fingerprint density at radius 2 is 0.605 bits per heavy atom. The number of amides is 4. The number of aryl methyl sites for hydroxylation is 4. The van der Waals surface area contributed by atoms with Crippen molar-refractivity contribution in [1.29, 1.82) is 0 Å². The van der Waals surface area contributed by atoms with Gasteiger partial charge in [-0.1, -0.05) is 228 Å². The number of hydrogen-bond acceptors (Lipinski definition) is 6. The molecule has 16 aromatic rings. The van der Waals surface area contributed by atoms with Crippen LogP contribution in [0.5, 0.6) is 5.75 Å². The standard InChI is InChI=1S/C26H24N2O2.C25H21ClN2O.C25H22N2O.C23H20N2OS/c1-17-7-9-18(10-8-17)25-24-22(21-5-3-4-6-23(21)27-24)15-16-28(25)26(29)19-11-13-20(30-2)14-12-19;1-16-6-8-17(9-7-16)24-23-21(20-4-2-3-5-22(20)27-23)14-15-28(24)25(29)18-10-12-19(26)13-11-18;1-17-11-13-18(14-12-17)24-23-21(20-9-5-6-10-22(20)26-23)15-16-27(24)25(28)19-7-3-2-4-8-19;1-15-8-10-16(11-9-15)22-21-18(17-5-2-3-6-19(17)24-21)12-13-25(22)23(26)20-7-4-14-27-20/h3-14,25,27H,15-16H2,1-2H3;2-13,24,27H,14-15H2,1H3;2-14,24,26H,15-16H2,1H3;2-11,14,22,24H,12-13H2,1H3. The van der Waals surface area contributed by atoms with Crippen molar-refractivity contribution in [3.8, 4) is 5.75 Å². The summed E-state index contributed by atoms with van der Waals surface area (Å²) in [6.07, 6.45) is 3.41. The fraction of sp³-hybridized carbons (Fsp3) is 0.172. The molecule has 0 radical (unpaired) electrons. The van der Waals surface area contributed by atoms with Gasteiger partial charge in [-0.05, 0) is 194 Å². The van der Waals surface area contributed by atoms with E-state index in [1.165, 1.54) is 77.4 Å². The van der Waals surface area contributed by atoms with Gasteiger partial charge in [0, 0.05) is 114 Å². The Bertz CT molecular complexity index is 6170. The zero-order chi connectivity index (χ0) is 78.1. The van der Waals surface area contributed by atoms with Gasteiger partial charge in [-0.3, -0.25) is 19.2 Å². The maximum Gasteiger partial charge on any atom is 0.264 e. The van der Waals surface area contributed by atoms with E-state index >= 15 is 0 Å². The third-order valence-corrected chi connectivity index (χ3v) is 24.0. The van der Waals surface area contributed by atoms with Gasteiger partial charge < -0.3 is 44.3 Å². The maximum atomic E-state index is 13.5. The molecule has 13 nitrogen and oxygen atoms in total. The summed E-state index contributed by atoms with van der Waals surface area (Å²) < 4.78 is 5.25. The molecule has 0 bridgehead atoms. The van der Waals surface area contributed by atoms with Gasteiger partial charge in [-0.2, -0.15) is 0 Å². The molecule has 0 saturated heterocycles. The Balaban J connectivity index is 0.000000110. The molecule has 566 valence electrons. The number of carbonyl (C=O) groups excluding carboxylic acids is 4. The molecule has 5 aromatic heterocycles. The molecule has 0 spiro atoms. The number of para-hydroxylation sites is 4. The van der Waals surface area contributed by atoms with Crippen molar-refractivity contribution in [2.75, 3.05) is 33.3 Å². The normalized spacial score (nSPS) is 16.1. The third kappa shape index (κ3) is 14.6. The van der Waals surface area contributed by atoms with Crippen molar-refractivity contribution in [3.05, 3.63) is 407 Å². The zero-order valence-electron chi connectivity index (χ0n) is 64.3. The van der Waals surface area contributed by atoms with Gasteiger partial charge >= 0.3 is 0 Å². The Kier molecular flexibility index (Phi) is 20.9. The molecule has 114 heavy (non-hydrogen) atoms. The first-order valence-corrected chi connectivity index (χ1v) is 40.3. The SMILES string of the molecule is COc1ccc(C(=O)N2CCc3c([nH]c4ccccc34)C2c2ccc(C)cc2)cc1.Cc1ccc(C2c3[nH]c4ccccc4c3CCN2C(=O)c2ccc(Cl)cc2)cc1.Cc1ccc(C2c3[nH]c4ccccc4c3CCN2C(=O)c2ccccc2)cc1.Cc1ccc(C2c3[nH]c4ccccc4c3CCN2C(=O)c2cccs2)cc1. The lowest BCUT2D eigenvalue weighted by Crippen LogP contribution is -2.40. The van der Waals surface area contributed by atoms with Crippen LogP contribution in [0.4, 0.5) is 0 Å². The third-order valence-electron chi connectivity index (χ3n) is 22.9. The highest BCUT2D eigenvalue weighted by atomic mass is 35.5. The van der Waals surface area contributed by atoms with Crippen LogP contribution in [0.1, 0.15) is 154 Å². The fourth-order valence-corrected chi connectivity index (χ4v) is 18.0. The molecule has 0 saturated carbocycles. The molecular weight excluding hydrogens is 1450 g/mol. The molecular formula is C99H87ClN8O5S. The summed E-state index contributed by atoms with van der Waals surface area (Å²) in [6.45, 7) is 11.1. The first-order chi connectivity index (χ1) is 55.7. The summed E-state index contributed by atoms with van der Waals surface area (Å²) in [5, 5.41) is 7.63. The number of ether oxygens (including phenoxy) is 1. The van der Waals surface area contributed by atoms with Crippen LogP contribution in [0.25, 0.3) is 43.6 Å². The molecule has 15 heteroatoms. The molecule has 4 unspecified atom stereocenters. The van der Waals surface area contributed by atoms with E-state index in [1.54, 1.807) is 31.4 Å². The number of methoxy groups -OCH3 is 1. The van der Waals surface area contributed by atoms with Crippen molar-refractivity contribution in [1.82, 2.24) is 39.5 Å². The molecule has 20 rings (SSSR count). The molecule has 11 aromatic carbocycles. The van der Waals surface area contributed by atoms with E-state index in [-0.39, 0.29) is 47.8 Å². The second kappa shape index (κ2) is 32.2. The van der Waals surface area contributed by atoms with E-state index in [9.17, 15) is 19.2 Å². The molecule has 4 N–H and O–H groups in total. The van der Waals surface area contributed by atoms with Gasteiger partial charge in [0.05, 0.1) is 36.2 Å². The summed E-state index contributed by atoms with van der Waals surface area (Å²) in [6, 6.07) is 95.1. The number of fused-ring (bicyclic) bond motifs is 12. The van der Waals surface area contributed by atoms with Crippen LogP contribution in [0.2, 0.25) is 5.02 Å². The van der Waals surface area contributed by atoms with Crippen LogP contribution in [-0.4, -0.2) is 96.5 Å². The Morgan fingerprint density at radius 1 is 0.325 bits per heavy atom. The Hall–Kier alpha value is -12.8. The first kappa shape index (κ1) is 74.0. The lowest BCUT2D eigenvalue weighted by atomic mass is 9.91. The second-order valence-corrected chi connectivity index (χ2v) is 31.5. The minimum atomic E-state index is -0.144. The molecule has 0 aliphatic carbocycles. The lowest BCUT2D eigenvalue weighted by Gasteiger charge is -2.36. The first-order valence-electron chi connectivity index (χ1n) is 39.1. The number of hydrogen-bond donors (Lipinski definition) is 4. The van der Waals surface area contributed by atoms with Crippen LogP contribution in [0.15, 0.2) is 290 Å². The van der Waals surface area contributed by atoms with E-state index < -0.39 is 0 Å². The number of aromatic nitrogens is 4. The lowest BCUT2D eigenvalue weighted by molar-refractivity contribution is 0.0684. The fourth-order valence-electron chi connectivity index (χ4n) is 17.2. The topological polar surface area (TPSA) is 154 Å². The molecule has 4 amide bonds. The summed E-state index contributed by atoms with van der Waals surface area (Å²) >= 11 is 7.53. The van der Waals surface area contributed by atoms with E-state index in [1.807, 2.05) is 104 Å². The average molecular weight is 1540 g/mol. The van der Waals surface area contributed by atoms with Crippen LogP contribution in [0, 0.1) is 27.7 Å². The van der Waals surface area contributed by atoms with Crippen LogP contribution >= 0.6 is 22.9 Å². The van der Waals surface area contributed by atoms with Crippen molar-refractivity contribution >= 4 is 90.2 Å². The minimum Gasteiger partial charge on any atom is -0.497 e. The minimum absolute atomic E-state index is 0.0246. The quantitative estimate of drug-likeness (QED) is 0.113. The number of H-pyrrole nitrogens is 4. The number of rotatable bonds is 9. The molecule has 4 aliphatic heterocycles. The van der Waals surface area contributed by atoms with Crippen molar-refractivity contribution in [2.45, 2.75) is 77.5 Å².